The molecule has 0 fully saturated rings. The Bertz CT molecular complexity index is 629. The molecule has 0 unspecified atom stereocenters. The molecule has 110 valence electrons. The van der Waals surface area contributed by atoms with Gasteiger partial charge >= 0.3 is 0 Å². The molecule has 2 rings (SSSR count). The number of halogens is 1. The Labute approximate surface area is 129 Å². The highest BCUT2D eigenvalue weighted by molar-refractivity contribution is 6.32. The summed E-state index contributed by atoms with van der Waals surface area (Å²) in [7, 11) is 0. The van der Waals surface area contributed by atoms with Crippen LogP contribution in [0.25, 0.3) is 0 Å². The van der Waals surface area contributed by atoms with Crippen LogP contribution in [0.2, 0.25) is 5.15 Å². The van der Waals surface area contributed by atoms with Crippen LogP contribution in [0.5, 0.6) is 0 Å². The van der Waals surface area contributed by atoms with Gasteiger partial charge in [0, 0.05) is 12.6 Å². The van der Waals surface area contributed by atoms with Crippen molar-refractivity contribution in [3.05, 3.63) is 58.9 Å². The van der Waals surface area contributed by atoms with Crippen molar-refractivity contribution in [3.8, 4) is 0 Å². The number of nitrogen functional groups attached to an aromatic ring is 1. The van der Waals surface area contributed by atoms with Gasteiger partial charge in [-0.25, -0.2) is 4.98 Å². The zero-order chi connectivity index (χ0) is 15.4. The smallest absolute Gasteiger partial charge is 0.257 e. The molecule has 4 nitrogen and oxygen atoms in total. The van der Waals surface area contributed by atoms with E-state index in [-0.39, 0.29) is 17.1 Å². The number of benzene rings is 1. The number of carbonyl (C=O) groups is 1. The summed E-state index contributed by atoms with van der Waals surface area (Å²) in [6, 6.07) is 11.4. The van der Waals surface area contributed by atoms with Gasteiger partial charge in [-0.2, -0.15) is 0 Å². The third-order valence-corrected chi connectivity index (χ3v) is 3.47. The minimum absolute atomic E-state index is 0.0372. The molecule has 2 aromatic rings. The zero-order valence-electron chi connectivity index (χ0n) is 12.1. The minimum Gasteiger partial charge on any atom is -0.397 e. The Morgan fingerprint density at radius 1 is 1.33 bits per heavy atom. The van der Waals surface area contributed by atoms with E-state index in [4.69, 9.17) is 17.3 Å². The average Bonchev–Trinajstić information content (AvgIpc) is 2.47. The van der Waals surface area contributed by atoms with E-state index in [0.717, 1.165) is 5.56 Å². The molecule has 0 radical (unpaired) electrons. The fourth-order valence-electron chi connectivity index (χ4n) is 2.04. The summed E-state index contributed by atoms with van der Waals surface area (Å²) in [5, 5.41) is 0.174. The van der Waals surface area contributed by atoms with Gasteiger partial charge < -0.3 is 10.6 Å². The maximum absolute atomic E-state index is 12.7. The van der Waals surface area contributed by atoms with Crippen LogP contribution in [0.1, 0.15) is 29.8 Å². The predicted molar refractivity (Wildman–Crippen MR) is 85.1 cm³/mol. The number of aromatic nitrogens is 1. The van der Waals surface area contributed by atoms with Crippen molar-refractivity contribution < 1.29 is 4.79 Å². The lowest BCUT2D eigenvalue weighted by Crippen LogP contribution is -2.36. The van der Waals surface area contributed by atoms with Crippen molar-refractivity contribution in [1.82, 2.24) is 9.88 Å². The zero-order valence-corrected chi connectivity index (χ0v) is 12.8. The molecule has 0 atom stereocenters. The molecule has 0 spiro atoms. The Morgan fingerprint density at radius 3 is 2.62 bits per heavy atom. The second-order valence-corrected chi connectivity index (χ2v) is 5.48. The van der Waals surface area contributed by atoms with Crippen LogP contribution in [0, 0.1) is 0 Å². The molecule has 1 heterocycles. The van der Waals surface area contributed by atoms with Gasteiger partial charge in [-0.15, -0.1) is 0 Å². The SMILES string of the molecule is CC(C)N(Cc1ccccc1)C(=O)c1cc(N)cnc1Cl. The highest BCUT2D eigenvalue weighted by Crippen LogP contribution is 2.20. The predicted octanol–water partition coefficient (Wildman–Crippen LogP) is 3.37. The Balaban J connectivity index is 2.30. The fraction of sp³-hybridized carbons (Fsp3) is 0.250. The molecule has 0 aliphatic carbocycles. The van der Waals surface area contributed by atoms with Crippen LogP contribution in [-0.2, 0) is 6.54 Å². The first-order valence-corrected chi connectivity index (χ1v) is 7.12. The van der Waals surface area contributed by atoms with Gasteiger partial charge in [0.2, 0.25) is 0 Å². The molecule has 1 aromatic heterocycles. The molecule has 1 aromatic carbocycles. The van der Waals surface area contributed by atoms with Crippen molar-refractivity contribution >= 4 is 23.2 Å². The summed E-state index contributed by atoms with van der Waals surface area (Å²) in [5.41, 5.74) is 7.52. The van der Waals surface area contributed by atoms with Crippen molar-refractivity contribution in [3.63, 3.8) is 0 Å². The molecule has 0 saturated carbocycles. The van der Waals surface area contributed by atoms with Crippen molar-refractivity contribution in [1.29, 1.82) is 0 Å². The summed E-state index contributed by atoms with van der Waals surface area (Å²) in [4.78, 5) is 18.4. The van der Waals surface area contributed by atoms with Gasteiger partial charge in [0.25, 0.3) is 5.91 Å². The number of nitrogens with two attached hydrogens (primary N) is 1. The van der Waals surface area contributed by atoms with E-state index in [1.807, 2.05) is 44.2 Å². The van der Waals surface area contributed by atoms with E-state index in [1.54, 1.807) is 11.0 Å². The average molecular weight is 304 g/mol. The van der Waals surface area contributed by atoms with E-state index in [9.17, 15) is 4.79 Å². The molecular weight excluding hydrogens is 286 g/mol. The van der Waals surface area contributed by atoms with E-state index < -0.39 is 0 Å². The topological polar surface area (TPSA) is 59.2 Å². The van der Waals surface area contributed by atoms with Gasteiger partial charge in [-0.05, 0) is 25.5 Å². The molecule has 0 aliphatic rings. The largest absolute Gasteiger partial charge is 0.397 e. The minimum atomic E-state index is -0.168. The first-order valence-electron chi connectivity index (χ1n) is 6.75. The lowest BCUT2D eigenvalue weighted by molar-refractivity contribution is 0.0690. The quantitative estimate of drug-likeness (QED) is 0.881. The first-order chi connectivity index (χ1) is 9.99. The number of amides is 1. The first kappa shape index (κ1) is 15.3. The van der Waals surface area contributed by atoms with E-state index in [1.165, 1.54) is 6.20 Å². The monoisotopic (exact) mass is 303 g/mol. The lowest BCUT2D eigenvalue weighted by atomic mass is 10.1. The summed E-state index contributed by atoms with van der Waals surface area (Å²) >= 11 is 6.03. The van der Waals surface area contributed by atoms with Gasteiger partial charge in [-0.1, -0.05) is 41.9 Å². The second-order valence-electron chi connectivity index (χ2n) is 5.12. The fourth-order valence-corrected chi connectivity index (χ4v) is 2.22. The van der Waals surface area contributed by atoms with Crippen molar-refractivity contribution in [2.24, 2.45) is 0 Å². The van der Waals surface area contributed by atoms with Crippen LogP contribution in [0.15, 0.2) is 42.6 Å². The molecule has 2 N–H and O–H groups in total. The van der Waals surface area contributed by atoms with Crippen molar-refractivity contribution in [2.45, 2.75) is 26.4 Å². The molecular formula is C16H18ClN3O. The maximum atomic E-state index is 12.7. The van der Waals surface area contributed by atoms with Gasteiger partial charge in [0.05, 0.1) is 17.4 Å². The van der Waals surface area contributed by atoms with Gasteiger partial charge in [0.15, 0.2) is 0 Å². The highest BCUT2D eigenvalue weighted by Gasteiger charge is 2.22. The Hall–Kier alpha value is -2.07. The lowest BCUT2D eigenvalue weighted by Gasteiger charge is -2.27. The summed E-state index contributed by atoms with van der Waals surface area (Å²) in [6.07, 6.45) is 1.44. The highest BCUT2D eigenvalue weighted by atomic mass is 35.5. The third-order valence-electron chi connectivity index (χ3n) is 3.17. The molecule has 5 heteroatoms. The number of nitrogens with zero attached hydrogens (tertiary/aromatic N) is 2. The van der Waals surface area contributed by atoms with Gasteiger partial charge in [0.1, 0.15) is 5.15 Å². The molecule has 0 aliphatic heterocycles. The molecule has 0 saturated heterocycles. The summed E-state index contributed by atoms with van der Waals surface area (Å²) in [6.45, 7) is 4.45. The number of hydrogen-bond acceptors (Lipinski definition) is 3. The number of rotatable bonds is 4. The number of carbonyl (C=O) groups excluding carboxylic acids is 1. The molecule has 21 heavy (non-hydrogen) atoms. The molecule has 0 bridgehead atoms. The van der Waals surface area contributed by atoms with Crippen molar-refractivity contribution in [2.75, 3.05) is 5.73 Å². The number of anilines is 1. The van der Waals surface area contributed by atoms with Crippen LogP contribution in [0.4, 0.5) is 5.69 Å². The normalized spacial score (nSPS) is 10.7. The maximum Gasteiger partial charge on any atom is 0.257 e. The van der Waals surface area contributed by atoms with E-state index >= 15 is 0 Å². The van der Waals surface area contributed by atoms with E-state index in [0.29, 0.717) is 17.8 Å². The summed E-state index contributed by atoms with van der Waals surface area (Å²) < 4.78 is 0. The molecule has 1 amide bonds. The second kappa shape index (κ2) is 6.59. The van der Waals surface area contributed by atoms with Gasteiger partial charge in [-0.3, -0.25) is 4.79 Å². The standard InChI is InChI=1S/C16H18ClN3O/c1-11(2)20(10-12-6-4-3-5-7-12)16(21)14-8-13(18)9-19-15(14)17/h3-9,11H,10,18H2,1-2H3. The Kier molecular flexibility index (Phi) is 4.81. The summed E-state index contributed by atoms with van der Waals surface area (Å²) in [5.74, 6) is -0.168. The van der Waals surface area contributed by atoms with Crippen LogP contribution in [-0.4, -0.2) is 21.8 Å². The number of pyridine rings is 1. The van der Waals surface area contributed by atoms with Crippen LogP contribution < -0.4 is 5.73 Å². The van der Waals surface area contributed by atoms with Crippen LogP contribution >= 0.6 is 11.6 Å². The Morgan fingerprint density at radius 2 is 2.00 bits per heavy atom. The third kappa shape index (κ3) is 3.73. The number of hydrogen-bond donors (Lipinski definition) is 1. The van der Waals surface area contributed by atoms with E-state index in [2.05, 4.69) is 4.98 Å². The van der Waals surface area contributed by atoms with Crippen LogP contribution in [0.3, 0.4) is 0 Å².